The van der Waals surface area contributed by atoms with E-state index in [1.807, 2.05) is 25.7 Å². The maximum atomic E-state index is 14.2. The molecule has 2 aromatic rings. The van der Waals surface area contributed by atoms with E-state index in [-0.39, 0.29) is 22.7 Å². The van der Waals surface area contributed by atoms with Crippen molar-refractivity contribution in [1.82, 2.24) is 14.9 Å². The average Bonchev–Trinajstić information content (AvgIpc) is 3.33. The zero-order chi connectivity index (χ0) is 20.3. The zero-order valence-corrected chi connectivity index (χ0v) is 18.3. The molecule has 1 spiro atoms. The summed E-state index contributed by atoms with van der Waals surface area (Å²) in [5.41, 5.74) is -0.230. The molecule has 1 saturated carbocycles. The molecule has 0 radical (unpaired) electrons. The Morgan fingerprint density at radius 3 is 2.64 bits per heavy atom. The number of nitrogens with zero attached hydrogens (tertiary/aromatic N) is 4. The molecule has 1 aromatic carbocycles. The molecular weight excluding hydrogens is 451 g/mol. The van der Waals surface area contributed by atoms with Crippen LogP contribution in [0.15, 0.2) is 16.6 Å². The van der Waals surface area contributed by atoms with E-state index in [2.05, 4.69) is 30.8 Å². The SMILES string of the molecule is CC(C)(C)OC(=O)N1CCN(c2nc(Cl)nc3cc(Br)c(F)cc23)CC12CC2. The van der Waals surface area contributed by atoms with Gasteiger partial charge in [-0.15, -0.1) is 0 Å². The third kappa shape index (κ3) is 3.64. The number of carbonyl (C=O) groups excluding carboxylic acids is 1. The number of halogens is 3. The summed E-state index contributed by atoms with van der Waals surface area (Å²) in [6.45, 7) is 7.26. The number of amides is 1. The Labute approximate surface area is 176 Å². The molecule has 1 saturated heterocycles. The van der Waals surface area contributed by atoms with Gasteiger partial charge in [0, 0.05) is 25.0 Å². The number of rotatable bonds is 1. The fraction of sp³-hybridized carbons (Fsp3) is 0.526. The molecule has 9 heteroatoms. The van der Waals surface area contributed by atoms with Crippen molar-refractivity contribution < 1.29 is 13.9 Å². The van der Waals surface area contributed by atoms with Crippen molar-refractivity contribution in [3.8, 4) is 0 Å². The molecule has 1 amide bonds. The van der Waals surface area contributed by atoms with E-state index in [0.29, 0.717) is 40.8 Å². The van der Waals surface area contributed by atoms with Gasteiger partial charge in [0.2, 0.25) is 5.28 Å². The molecule has 0 N–H and O–H groups in total. The average molecular weight is 472 g/mol. The van der Waals surface area contributed by atoms with E-state index in [9.17, 15) is 9.18 Å². The van der Waals surface area contributed by atoms with Crippen LogP contribution in [0.25, 0.3) is 10.9 Å². The van der Waals surface area contributed by atoms with Crippen LogP contribution in [-0.2, 0) is 4.74 Å². The monoisotopic (exact) mass is 470 g/mol. The third-order valence-electron chi connectivity index (χ3n) is 5.08. The number of benzene rings is 1. The molecular formula is C19H21BrClFN4O2. The van der Waals surface area contributed by atoms with E-state index in [4.69, 9.17) is 16.3 Å². The highest BCUT2D eigenvalue weighted by Crippen LogP contribution is 2.46. The van der Waals surface area contributed by atoms with Crippen LogP contribution in [0.2, 0.25) is 5.28 Å². The minimum atomic E-state index is -0.536. The third-order valence-corrected chi connectivity index (χ3v) is 5.86. The first-order valence-electron chi connectivity index (χ1n) is 9.16. The molecule has 28 heavy (non-hydrogen) atoms. The summed E-state index contributed by atoms with van der Waals surface area (Å²) < 4.78 is 20.1. The predicted molar refractivity (Wildman–Crippen MR) is 109 cm³/mol. The number of carbonyl (C=O) groups is 1. The van der Waals surface area contributed by atoms with Gasteiger partial charge in [-0.05, 0) is 73.3 Å². The molecule has 1 aliphatic heterocycles. The van der Waals surface area contributed by atoms with E-state index >= 15 is 0 Å². The number of anilines is 1. The van der Waals surface area contributed by atoms with Crippen LogP contribution in [0.3, 0.4) is 0 Å². The van der Waals surface area contributed by atoms with Gasteiger partial charge in [0.15, 0.2) is 0 Å². The van der Waals surface area contributed by atoms with Crippen molar-refractivity contribution in [1.29, 1.82) is 0 Å². The van der Waals surface area contributed by atoms with Gasteiger partial charge in [-0.2, -0.15) is 4.98 Å². The maximum Gasteiger partial charge on any atom is 0.410 e. The lowest BCUT2D eigenvalue weighted by atomic mass is 10.1. The van der Waals surface area contributed by atoms with Gasteiger partial charge in [-0.25, -0.2) is 14.2 Å². The van der Waals surface area contributed by atoms with Crippen LogP contribution in [-0.4, -0.2) is 51.7 Å². The normalized spacial score (nSPS) is 18.6. The second-order valence-corrected chi connectivity index (χ2v) is 9.57. The smallest absolute Gasteiger partial charge is 0.410 e. The first-order chi connectivity index (χ1) is 13.1. The van der Waals surface area contributed by atoms with Crippen molar-refractivity contribution in [3.63, 3.8) is 0 Å². The minimum absolute atomic E-state index is 0.112. The Hall–Kier alpha value is -1.67. The minimum Gasteiger partial charge on any atom is -0.444 e. The highest BCUT2D eigenvalue weighted by molar-refractivity contribution is 9.10. The molecule has 1 aromatic heterocycles. The Morgan fingerprint density at radius 1 is 1.29 bits per heavy atom. The van der Waals surface area contributed by atoms with Crippen molar-refractivity contribution in [3.05, 3.63) is 27.7 Å². The maximum absolute atomic E-state index is 14.2. The molecule has 150 valence electrons. The van der Waals surface area contributed by atoms with Crippen molar-refractivity contribution >= 4 is 50.3 Å². The Morgan fingerprint density at radius 2 is 2.00 bits per heavy atom. The molecule has 0 atom stereocenters. The number of fused-ring (bicyclic) bond motifs is 1. The van der Waals surface area contributed by atoms with E-state index in [1.54, 1.807) is 6.07 Å². The van der Waals surface area contributed by atoms with Gasteiger partial charge in [0.1, 0.15) is 17.2 Å². The summed E-state index contributed by atoms with van der Waals surface area (Å²) in [6, 6.07) is 3.02. The van der Waals surface area contributed by atoms with Gasteiger partial charge in [0.25, 0.3) is 0 Å². The second kappa shape index (κ2) is 6.69. The Bertz CT molecular complexity index is 961. The predicted octanol–water partition coefficient (Wildman–Crippen LogP) is 4.77. The Balaban J connectivity index is 1.65. The number of ether oxygens (including phenoxy) is 1. The largest absolute Gasteiger partial charge is 0.444 e. The van der Waals surface area contributed by atoms with Crippen LogP contribution in [0.1, 0.15) is 33.6 Å². The van der Waals surface area contributed by atoms with Crippen molar-refractivity contribution in [2.24, 2.45) is 0 Å². The lowest BCUT2D eigenvalue weighted by Gasteiger charge is -2.43. The molecule has 2 aliphatic rings. The van der Waals surface area contributed by atoms with E-state index in [1.165, 1.54) is 6.07 Å². The number of piperazine rings is 1. The van der Waals surface area contributed by atoms with Crippen molar-refractivity contribution in [2.75, 3.05) is 24.5 Å². The molecule has 0 bridgehead atoms. The molecule has 6 nitrogen and oxygen atoms in total. The number of aromatic nitrogens is 2. The van der Waals surface area contributed by atoms with Gasteiger partial charge in [-0.3, -0.25) is 4.90 Å². The number of hydrogen-bond donors (Lipinski definition) is 0. The van der Waals surface area contributed by atoms with Gasteiger partial charge < -0.3 is 9.64 Å². The van der Waals surface area contributed by atoms with Gasteiger partial charge in [-0.1, -0.05) is 0 Å². The van der Waals surface area contributed by atoms with E-state index < -0.39 is 5.60 Å². The van der Waals surface area contributed by atoms with E-state index in [0.717, 1.165) is 12.8 Å². The molecule has 1 aliphatic carbocycles. The first kappa shape index (κ1) is 19.6. The highest BCUT2D eigenvalue weighted by Gasteiger charge is 2.54. The molecule has 2 fully saturated rings. The fourth-order valence-corrected chi connectivity index (χ4v) is 4.16. The summed E-state index contributed by atoms with van der Waals surface area (Å²) in [7, 11) is 0. The quantitative estimate of drug-likeness (QED) is 0.561. The number of hydrogen-bond acceptors (Lipinski definition) is 5. The second-order valence-electron chi connectivity index (χ2n) is 8.38. The Kier molecular flexibility index (Phi) is 4.69. The molecule has 0 unspecified atom stereocenters. The van der Waals surface area contributed by atoms with Crippen molar-refractivity contribution in [2.45, 2.75) is 44.8 Å². The van der Waals surface area contributed by atoms with Crippen LogP contribution in [0.4, 0.5) is 15.0 Å². The summed E-state index contributed by atoms with van der Waals surface area (Å²) in [5.74, 6) is 0.213. The summed E-state index contributed by atoms with van der Waals surface area (Å²) in [4.78, 5) is 25.1. The van der Waals surface area contributed by atoms with Crippen LogP contribution in [0, 0.1) is 5.82 Å². The highest BCUT2D eigenvalue weighted by atomic mass is 79.9. The van der Waals surface area contributed by atoms with Crippen LogP contribution in [0.5, 0.6) is 0 Å². The summed E-state index contributed by atoms with van der Waals surface area (Å²) >= 11 is 9.32. The summed E-state index contributed by atoms with van der Waals surface area (Å²) in [6.07, 6.45) is 1.52. The summed E-state index contributed by atoms with van der Waals surface area (Å²) in [5, 5.41) is 0.715. The van der Waals surface area contributed by atoms with Gasteiger partial charge in [0.05, 0.1) is 15.5 Å². The fourth-order valence-electron chi connectivity index (χ4n) is 3.65. The van der Waals surface area contributed by atoms with Crippen LogP contribution < -0.4 is 4.90 Å². The molecule has 2 heterocycles. The molecule has 4 rings (SSSR count). The lowest BCUT2D eigenvalue weighted by Crippen LogP contribution is -2.58. The topological polar surface area (TPSA) is 58.6 Å². The zero-order valence-electron chi connectivity index (χ0n) is 15.9. The lowest BCUT2D eigenvalue weighted by molar-refractivity contribution is 0.0106. The van der Waals surface area contributed by atoms with Gasteiger partial charge >= 0.3 is 6.09 Å². The first-order valence-corrected chi connectivity index (χ1v) is 10.3. The van der Waals surface area contributed by atoms with Crippen LogP contribution >= 0.6 is 27.5 Å². The standard InChI is InChI=1S/C19H21BrClFN4O2/c1-18(2,3)28-17(27)26-7-6-25(10-19(26)4-5-19)15-11-8-13(22)12(20)9-14(11)23-16(21)24-15/h8-9H,4-7,10H2,1-3H3.